The van der Waals surface area contributed by atoms with Gasteiger partial charge in [-0.3, -0.25) is 16.3 Å². The molecule has 1 aromatic heterocycles. The fourth-order valence-corrected chi connectivity index (χ4v) is 2.81. The lowest BCUT2D eigenvalue weighted by atomic mass is 9.85. The molecule has 6 nitrogen and oxygen atoms in total. The Morgan fingerprint density at radius 1 is 1.33 bits per heavy atom. The van der Waals surface area contributed by atoms with Gasteiger partial charge in [-0.2, -0.15) is 0 Å². The van der Waals surface area contributed by atoms with Crippen LogP contribution in [0.15, 0.2) is 36.7 Å². The number of fused-ring (bicyclic) bond motifs is 1. The Morgan fingerprint density at radius 3 is 2.95 bits per heavy atom. The van der Waals surface area contributed by atoms with E-state index in [2.05, 4.69) is 21.5 Å². The number of methoxy groups -OCH3 is 1. The average Bonchev–Trinajstić information content (AvgIpc) is 2.56. The van der Waals surface area contributed by atoms with Crippen molar-refractivity contribution < 1.29 is 9.47 Å². The molecule has 0 bridgehead atoms. The number of para-hydroxylation sites is 1. The van der Waals surface area contributed by atoms with Crippen LogP contribution in [0.1, 0.15) is 29.6 Å². The van der Waals surface area contributed by atoms with Gasteiger partial charge in [-0.25, -0.2) is 4.98 Å². The predicted octanol–water partition coefficient (Wildman–Crippen LogP) is 1.56. The van der Waals surface area contributed by atoms with E-state index in [4.69, 9.17) is 15.3 Å². The number of hydrazine groups is 1. The van der Waals surface area contributed by atoms with Gasteiger partial charge in [0.1, 0.15) is 11.4 Å². The summed E-state index contributed by atoms with van der Waals surface area (Å²) in [5.41, 5.74) is 4.70. The van der Waals surface area contributed by atoms with Crippen molar-refractivity contribution in [3.8, 4) is 11.6 Å². The summed E-state index contributed by atoms with van der Waals surface area (Å²) in [5, 5.41) is 0. The van der Waals surface area contributed by atoms with Gasteiger partial charge in [-0.05, 0) is 18.1 Å². The summed E-state index contributed by atoms with van der Waals surface area (Å²) < 4.78 is 11.0. The van der Waals surface area contributed by atoms with E-state index in [1.165, 1.54) is 0 Å². The number of hydrogen-bond donors (Lipinski definition) is 2. The summed E-state index contributed by atoms with van der Waals surface area (Å²) in [6.07, 6.45) is 4.10. The number of nitrogens with two attached hydrogens (primary N) is 1. The van der Waals surface area contributed by atoms with Gasteiger partial charge in [0.15, 0.2) is 0 Å². The first-order valence-electron chi connectivity index (χ1n) is 6.88. The van der Waals surface area contributed by atoms with E-state index in [0.29, 0.717) is 18.2 Å². The number of hydrogen-bond acceptors (Lipinski definition) is 6. The first-order chi connectivity index (χ1) is 10.3. The third kappa shape index (κ3) is 2.55. The molecule has 3 N–H and O–H groups in total. The average molecular weight is 286 g/mol. The number of aromatic nitrogens is 2. The van der Waals surface area contributed by atoms with E-state index in [0.717, 1.165) is 17.7 Å². The minimum atomic E-state index is -0.182. The van der Waals surface area contributed by atoms with Crippen molar-refractivity contribution in [2.45, 2.75) is 18.4 Å². The smallest absolute Gasteiger partial charge is 0.237 e. The van der Waals surface area contributed by atoms with Crippen molar-refractivity contribution in [3.05, 3.63) is 47.9 Å². The van der Waals surface area contributed by atoms with Crippen LogP contribution in [0.3, 0.4) is 0 Å². The summed E-state index contributed by atoms with van der Waals surface area (Å²) in [6.45, 7) is 0.655. The van der Waals surface area contributed by atoms with Crippen molar-refractivity contribution in [2.75, 3.05) is 13.7 Å². The molecule has 0 saturated heterocycles. The molecule has 0 radical (unpaired) electrons. The molecule has 1 aromatic carbocycles. The van der Waals surface area contributed by atoms with Gasteiger partial charge < -0.3 is 9.47 Å². The van der Waals surface area contributed by atoms with E-state index in [1.807, 2.05) is 18.2 Å². The van der Waals surface area contributed by atoms with Crippen LogP contribution in [0.5, 0.6) is 11.6 Å². The summed E-state index contributed by atoms with van der Waals surface area (Å²) in [7, 11) is 1.58. The van der Waals surface area contributed by atoms with Gasteiger partial charge in [-0.1, -0.05) is 18.2 Å². The normalized spacial score (nSPS) is 18.5. The van der Waals surface area contributed by atoms with Crippen molar-refractivity contribution in [1.29, 1.82) is 0 Å². The number of nitrogens with one attached hydrogen (secondary N) is 1. The SMILES string of the molecule is COc1nccnc1C(NN)C1CCOc2ccccc21. The molecule has 0 amide bonds. The molecule has 1 aliphatic heterocycles. The van der Waals surface area contributed by atoms with Crippen LogP contribution >= 0.6 is 0 Å². The highest BCUT2D eigenvalue weighted by atomic mass is 16.5. The molecule has 0 saturated carbocycles. The molecule has 0 spiro atoms. The third-order valence-electron chi connectivity index (χ3n) is 3.77. The molecule has 2 atom stereocenters. The molecular formula is C15H18N4O2. The summed E-state index contributed by atoms with van der Waals surface area (Å²) >= 11 is 0. The molecule has 21 heavy (non-hydrogen) atoms. The highest BCUT2D eigenvalue weighted by molar-refractivity contribution is 5.40. The Bertz CT molecular complexity index is 620. The highest BCUT2D eigenvalue weighted by Crippen LogP contribution is 2.41. The Morgan fingerprint density at radius 2 is 2.14 bits per heavy atom. The van der Waals surface area contributed by atoms with Crippen LogP contribution in [0.25, 0.3) is 0 Å². The fraction of sp³-hybridized carbons (Fsp3) is 0.333. The van der Waals surface area contributed by atoms with Gasteiger partial charge in [-0.15, -0.1) is 0 Å². The van der Waals surface area contributed by atoms with Crippen LogP contribution in [0, 0.1) is 0 Å². The Balaban J connectivity index is 2.01. The maximum atomic E-state index is 5.80. The third-order valence-corrected chi connectivity index (χ3v) is 3.77. The Kier molecular flexibility index (Phi) is 3.98. The van der Waals surface area contributed by atoms with Gasteiger partial charge in [0.05, 0.1) is 19.8 Å². The summed E-state index contributed by atoms with van der Waals surface area (Å²) in [4.78, 5) is 8.60. The second kappa shape index (κ2) is 6.07. The first-order valence-corrected chi connectivity index (χ1v) is 6.88. The predicted molar refractivity (Wildman–Crippen MR) is 77.9 cm³/mol. The molecule has 2 aromatic rings. The van der Waals surface area contributed by atoms with Gasteiger partial charge in [0.25, 0.3) is 0 Å². The minimum absolute atomic E-state index is 0.158. The first kappa shape index (κ1) is 13.8. The molecule has 3 rings (SSSR count). The van der Waals surface area contributed by atoms with E-state index in [1.54, 1.807) is 19.5 Å². The van der Waals surface area contributed by atoms with Crippen molar-refractivity contribution in [1.82, 2.24) is 15.4 Å². The van der Waals surface area contributed by atoms with E-state index >= 15 is 0 Å². The second-order valence-electron chi connectivity index (χ2n) is 4.88. The molecule has 0 fully saturated rings. The zero-order valence-corrected chi connectivity index (χ0v) is 11.8. The zero-order valence-electron chi connectivity index (χ0n) is 11.8. The topological polar surface area (TPSA) is 82.3 Å². The van der Waals surface area contributed by atoms with Crippen LogP contribution in [0.4, 0.5) is 0 Å². The summed E-state index contributed by atoms with van der Waals surface area (Å²) in [5.74, 6) is 7.35. The van der Waals surface area contributed by atoms with Crippen molar-refractivity contribution in [3.63, 3.8) is 0 Å². The standard InChI is InChI=1S/C15H18N4O2/c1-20-15-14(17-7-8-18-15)13(19-16)11-6-9-21-12-5-3-2-4-10(11)12/h2-5,7-8,11,13,19H,6,9,16H2,1H3. The van der Waals surface area contributed by atoms with Crippen molar-refractivity contribution >= 4 is 0 Å². The lowest BCUT2D eigenvalue weighted by molar-refractivity contribution is 0.242. The van der Waals surface area contributed by atoms with Crippen LogP contribution < -0.4 is 20.7 Å². The highest BCUT2D eigenvalue weighted by Gasteiger charge is 2.32. The van der Waals surface area contributed by atoms with Gasteiger partial charge in [0, 0.05) is 18.3 Å². The fourth-order valence-electron chi connectivity index (χ4n) is 2.81. The molecule has 6 heteroatoms. The molecular weight excluding hydrogens is 268 g/mol. The quantitative estimate of drug-likeness (QED) is 0.655. The Hall–Kier alpha value is -2.18. The largest absolute Gasteiger partial charge is 0.493 e. The lowest BCUT2D eigenvalue weighted by Crippen LogP contribution is -2.35. The second-order valence-corrected chi connectivity index (χ2v) is 4.88. The monoisotopic (exact) mass is 286 g/mol. The van der Waals surface area contributed by atoms with E-state index in [-0.39, 0.29) is 12.0 Å². The minimum Gasteiger partial charge on any atom is -0.493 e. The van der Waals surface area contributed by atoms with Gasteiger partial charge in [0.2, 0.25) is 5.88 Å². The summed E-state index contributed by atoms with van der Waals surface area (Å²) in [6, 6.07) is 7.82. The van der Waals surface area contributed by atoms with Crippen LogP contribution in [-0.4, -0.2) is 23.7 Å². The molecule has 0 aliphatic carbocycles. The van der Waals surface area contributed by atoms with Crippen LogP contribution in [0.2, 0.25) is 0 Å². The lowest BCUT2D eigenvalue weighted by Gasteiger charge is -2.31. The molecule has 110 valence electrons. The molecule has 2 unspecified atom stereocenters. The maximum absolute atomic E-state index is 5.80. The van der Waals surface area contributed by atoms with Crippen molar-refractivity contribution in [2.24, 2.45) is 5.84 Å². The zero-order chi connectivity index (χ0) is 14.7. The van der Waals surface area contributed by atoms with Gasteiger partial charge >= 0.3 is 0 Å². The van der Waals surface area contributed by atoms with Crippen LogP contribution in [-0.2, 0) is 0 Å². The maximum Gasteiger partial charge on any atom is 0.237 e. The molecule has 2 heterocycles. The number of benzene rings is 1. The molecule has 1 aliphatic rings. The number of ether oxygens (including phenoxy) is 2. The van der Waals surface area contributed by atoms with E-state index < -0.39 is 0 Å². The number of nitrogens with zero attached hydrogens (tertiary/aromatic N) is 2. The Labute approximate surface area is 123 Å². The number of rotatable bonds is 4. The van der Waals surface area contributed by atoms with E-state index in [9.17, 15) is 0 Å².